The highest BCUT2D eigenvalue weighted by atomic mass is 32.1. The second-order valence-corrected chi connectivity index (χ2v) is 8.58. The first-order chi connectivity index (χ1) is 18.0. The van der Waals surface area contributed by atoms with Crippen molar-refractivity contribution in [3.8, 4) is 5.75 Å². The van der Waals surface area contributed by atoms with Crippen molar-refractivity contribution in [1.82, 2.24) is 5.32 Å². The van der Waals surface area contributed by atoms with E-state index >= 15 is 0 Å². The zero-order valence-corrected chi connectivity index (χ0v) is 21.4. The number of carbonyl (C=O) groups is 2. The van der Waals surface area contributed by atoms with E-state index in [9.17, 15) is 9.59 Å². The molecule has 2 N–H and O–H groups in total. The van der Waals surface area contributed by atoms with Gasteiger partial charge < -0.3 is 15.0 Å². The summed E-state index contributed by atoms with van der Waals surface area (Å²) in [5.41, 5.74) is 2.95. The largest absolute Gasteiger partial charge is 0.497 e. The van der Waals surface area contributed by atoms with E-state index in [0.29, 0.717) is 17.8 Å². The molecule has 4 aromatic rings. The molecule has 0 spiro atoms. The van der Waals surface area contributed by atoms with Gasteiger partial charge in [-0.25, -0.2) is 0 Å². The zero-order chi connectivity index (χ0) is 26.2. The molecular formula is C30H27N3O3S. The summed E-state index contributed by atoms with van der Waals surface area (Å²) in [5.74, 6) is 0.300. The molecule has 0 heterocycles. The van der Waals surface area contributed by atoms with E-state index < -0.39 is 0 Å². The van der Waals surface area contributed by atoms with Gasteiger partial charge in [-0.2, -0.15) is 0 Å². The lowest BCUT2D eigenvalue weighted by Gasteiger charge is -2.23. The molecule has 0 aliphatic rings. The van der Waals surface area contributed by atoms with Crippen LogP contribution in [0.5, 0.6) is 5.75 Å². The third-order valence-electron chi connectivity index (χ3n) is 5.79. The van der Waals surface area contributed by atoms with Crippen LogP contribution in [-0.2, 0) is 4.79 Å². The maximum absolute atomic E-state index is 13.3. The molecule has 0 radical (unpaired) electrons. The number of hydrogen-bond donors (Lipinski definition) is 2. The lowest BCUT2D eigenvalue weighted by molar-refractivity contribution is -0.115. The number of methoxy groups -OCH3 is 1. The lowest BCUT2D eigenvalue weighted by atomic mass is 10.1. The van der Waals surface area contributed by atoms with Gasteiger partial charge in [-0.1, -0.05) is 48.5 Å². The minimum atomic E-state index is -0.353. The zero-order valence-electron chi connectivity index (χ0n) is 20.6. The summed E-state index contributed by atoms with van der Waals surface area (Å²) in [6, 6.07) is 28.3. The molecule has 0 aromatic heterocycles. The molecule has 0 aliphatic heterocycles. The van der Waals surface area contributed by atoms with Crippen LogP contribution < -0.4 is 20.3 Å². The molecule has 37 heavy (non-hydrogen) atoms. The standard InChI is InChI=1S/C30H27N3O3S/c1-3-33(27-10-6-8-22-7-4-5-9-26(22)27)29(35)23-14-16-24(17-15-23)31-30(37)32-28(34)20-13-21-11-18-25(36-2)19-12-21/h4-20H,3H2,1-2H3,(H2,31,32,34,37). The molecule has 0 bridgehead atoms. The predicted molar refractivity (Wildman–Crippen MR) is 154 cm³/mol. The second-order valence-electron chi connectivity index (χ2n) is 8.17. The summed E-state index contributed by atoms with van der Waals surface area (Å²) in [6.45, 7) is 2.49. The van der Waals surface area contributed by atoms with Crippen LogP contribution >= 0.6 is 12.2 Å². The summed E-state index contributed by atoms with van der Waals surface area (Å²) in [4.78, 5) is 27.3. The molecule has 7 heteroatoms. The molecule has 186 valence electrons. The molecule has 0 unspecified atom stereocenters. The third kappa shape index (κ3) is 6.39. The summed E-state index contributed by atoms with van der Waals surface area (Å²) < 4.78 is 5.13. The number of amides is 2. The molecule has 0 saturated heterocycles. The van der Waals surface area contributed by atoms with Crippen molar-refractivity contribution in [3.63, 3.8) is 0 Å². The first-order valence-electron chi connectivity index (χ1n) is 11.8. The average Bonchev–Trinajstić information content (AvgIpc) is 2.93. The number of thiocarbonyl (C=S) groups is 1. The Kier molecular flexibility index (Phi) is 8.28. The maximum atomic E-state index is 13.3. The fourth-order valence-electron chi connectivity index (χ4n) is 3.92. The molecule has 0 aliphatic carbocycles. The second kappa shape index (κ2) is 12.0. The van der Waals surface area contributed by atoms with E-state index in [2.05, 4.69) is 10.6 Å². The van der Waals surface area contributed by atoms with Gasteiger partial charge in [0, 0.05) is 29.3 Å². The summed E-state index contributed by atoms with van der Waals surface area (Å²) >= 11 is 5.26. The Morgan fingerprint density at radius 3 is 2.32 bits per heavy atom. The van der Waals surface area contributed by atoms with Gasteiger partial charge in [0.05, 0.1) is 12.8 Å². The van der Waals surface area contributed by atoms with E-state index in [1.165, 1.54) is 6.08 Å². The van der Waals surface area contributed by atoms with Crippen molar-refractivity contribution in [2.75, 3.05) is 23.9 Å². The van der Waals surface area contributed by atoms with Crippen LogP contribution in [0.4, 0.5) is 11.4 Å². The first-order valence-corrected chi connectivity index (χ1v) is 12.2. The van der Waals surface area contributed by atoms with E-state index in [4.69, 9.17) is 17.0 Å². The molecule has 4 aromatic carbocycles. The topological polar surface area (TPSA) is 70.7 Å². The molecule has 4 rings (SSSR count). The van der Waals surface area contributed by atoms with Gasteiger partial charge >= 0.3 is 0 Å². The van der Waals surface area contributed by atoms with Crippen molar-refractivity contribution < 1.29 is 14.3 Å². The molecule has 0 fully saturated rings. The molecule has 6 nitrogen and oxygen atoms in total. The Hall–Kier alpha value is -4.49. The van der Waals surface area contributed by atoms with Gasteiger partial charge in [-0.15, -0.1) is 0 Å². The Balaban J connectivity index is 1.37. The van der Waals surface area contributed by atoms with E-state index in [-0.39, 0.29) is 16.9 Å². The number of ether oxygens (including phenoxy) is 1. The van der Waals surface area contributed by atoms with Crippen LogP contribution in [0.15, 0.2) is 97.1 Å². The Morgan fingerprint density at radius 1 is 0.919 bits per heavy atom. The van der Waals surface area contributed by atoms with Crippen LogP contribution in [0.1, 0.15) is 22.8 Å². The number of anilines is 2. The van der Waals surface area contributed by atoms with E-state index in [0.717, 1.165) is 27.8 Å². The van der Waals surface area contributed by atoms with Crippen molar-refractivity contribution in [2.45, 2.75) is 6.92 Å². The van der Waals surface area contributed by atoms with Gasteiger partial charge in [0.25, 0.3) is 5.91 Å². The smallest absolute Gasteiger partial charge is 0.258 e. The SMILES string of the molecule is CCN(C(=O)c1ccc(NC(=S)NC(=O)C=Cc2ccc(OC)cc2)cc1)c1cccc2ccccc12. The van der Waals surface area contributed by atoms with Gasteiger partial charge in [0.15, 0.2) is 5.11 Å². The highest BCUT2D eigenvalue weighted by Gasteiger charge is 2.18. The molecule has 2 amide bonds. The summed E-state index contributed by atoms with van der Waals surface area (Å²) in [7, 11) is 1.60. The normalized spacial score (nSPS) is 10.8. The summed E-state index contributed by atoms with van der Waals surface area (Å²) in [5, 5.41) is 7.87. The predicted octanol–water partition coefficient (Wildman–Crippen LogP) is 6.04. The van der Waals surface area contributed by atoms with Crippen molar-refractivity contribution in [2.24, 2.45) is 0 Å². The van der Waals surface area contributed by atoms with Crippen LogP contribution in [0, 0.1) is 0 Å². The van der Waals surface area contributed by atoms with Crippen LogP contribution in [0.2, 0.25) is 0 Å². The van der Waals surface area contributed by atoms with Crippen LogP contribution in [-0.4, -0.2) is 30.6 Å². The molecular weight excluding hydrogens is 482 g/mol. The van der Waals surface area contributed by atoms with Crippen LogP contribution in [0.25, 0.3) is 16.8 Å². The van der Waals surface area contributed by atoms with Gasteiger partial charge in [0.2, 0.25) is 5.91 Å². The van der Waals surface area contributed by atoms with Crippen molar-refractivity contribution in [3.05, 3.63) is 108 Å². The fourth-order valence-corrected chi connectivity index (χ4v) is 4.14. The molecule has 0 atom stereocenters. The minimum absolute atomic E-state index is 0.0926. The Morgan fingerprint density at radius 2 is 1.62 bits per heavy atom. The number of hydrogen-bond acceptors (Lipinski definition) is 4. The lowest BCUT2D eigenvalue weighted by Crippen LogP contribution is -2.33. The number of nitrogens with one attached hydrogen (secondary N) is 2. The monoisotopic (exact) mass is 509 g/mol. The van der Waals surface area contributed by atoms with Gasteiger partial charge in [-0.3, -0.25) is 14.9 Å². The number of carbonyl (C=O) groups excluding carboxylic acids is 2. The number of rotatable bonds is 7. The van der Waals surface area contributed by atoms with Crippen molar-refractivity contribution >= 4 is 57.4 Å². The van der Waals surface area contributed by atoms with E-state index in [1.54, 1.807) is 42.4 Å². The van der Waals surface area contributed by atoms with Crippen molar-refractivity contribution in [1.29, 1.82) is 0 Å². The number of fused-ring (bicyclic) bond motifs is 1. The summed E-state index contributed by atoms with van der Waals surface area (Å²) in [6.07, 6.45) is 3.09. The fraction of sp³-hybridized carbons (Fsp3) is 0.100. The number of nitrogens with zero attached hydrogens (tertiary/aromatic N) is 1. The van der Waals surface area contributed by atoms with Gasteiger partial charge in [-0.05, 0) is 78.6 Å². The van der Waals surface area contributed by atoms with Gasteiger partial charge in [0.1, 0.15) is 5.75 Å². The number of benzene rings is 4. The highest BCUT2D eigenvalue weighted by Crippen LogP contribution is 2.28. The average molecular weight is 510 g/mol. The Bertz CT molecular complexity index is 1440. The Labute approximate surface area is 221 Å². The quantitative estimate of drug-likeness (QED) is 0.235. The third-order valence-corrected chi connectivity index (χ3v) is 5.99. The molecule has 0 saturated carbocycles. The minimum Gasteiger partial charge on any atom is -0.497 e. The maximum Gasteiger partial charge on any atom is 0.258 e. The first kappa shape index (κ1) is 25.6. The van der Waals surface area contributed by atoms with E-state index in [1.807, 2.05) is 73.7 Å². The van der Waals surface area contributed by atoms with Crippen LogP contribution in [0.3, 0.4) is 0 Å². The highest BCUT2D eigenvalue weighted by molar-refractivity contribution is 7.80.